The largest absolute Gasteiger partial charge is 0.493 e. The summed E-state index contributed by atoms with van der Waals surface area (Å²) in [6.45, 7) is 0.709. The van der Waals surface area contributed by atoms with Crippen LogP contribution in [-0.2, 0) is 22.4 Å². The topological polar surface area (TPSA) is 77.5 Å². The fraction of sp³-hybridized carbons (Fsp3) is 0.190. The Morgan fingerprint density at radius 2 is 2.07 bits per heavy atom. The van der Waals surface area contributed by atoms with Gasteiger partial charge in [-0.2, -0.15) is 0 Å². The molecule has 2 aromatic carbocycles. The highest BCUT2D eigenvalue weighted by atomic mass is 32.1. The molecule has 2 aliphatic heterocycles. The molecule has 2 aliphatic rings. The van der Waals surface area contributed by atoms with E-state index in [0.717, 1.165) is 29.0 Å². The predicted molar refractivity (Wildman–Crippen MR) is 105 cm³/mol. The Balaban J connectivity index is 1.31. The highest BCUT2D eigenvalue weighted by Crippen LogP contribution is 2.32. The third kappa shape index (κ3) is 3.03. The number of hydrogen-bond acceptors (Lipinski definition) is 6. The van der Waals surface area contributed by atoms with Gasteiger partial charge in [-0.05, 0) is 35.4 Å². The molecule has 1 N–H and O–H groups in total. The van der Waals surface area contributed by atoms with Gasteiger partial charge in [-0.3, -0.25) is 10.1 Å². The summed E-state index contributed by atoms with van der Waals surface area (Å²) in [6.07, 6.45) is 0.397. The van der Waals surface area contributed by atoms with Crippen LogP contribution in [0.25, 0.3) is 11.3 Å². The lowest BCUT2D eigenvalue weighted by Crippen LogP contribution is -2.37. The maximum Gasteiger partial charge on any atom is 0.339 e. The van der Waals surface area contributed by atoms with Crippen LogP contribution in [0.5, 0.6) is 5.75 Å². The van der Waals surface area contributed by atoms with Crippen LogP contribution in [0.1, 0.15) is 21.5 Å². The Morgan fingerprint density at radius 1 is 1.18 bits per heavy atom. The number of carbonyl (C=O) groups is 2. The summed E-state index contributed by atoms with van der Waals surface area (Å²) in [6, 6.07) is 13.2. The summed E-state index contributed by atoms with van der Waals surface area (Å²) in [5.74, 6) is 0.0835. The normalized spacial score (nSPS) is 17.3. The molecule has 0 unspecified atom stereocenters. The number of aromatic nitrogens is 1. The predicted octanol–water partition coefficient (Wildman–Crippen LogP) is 3.47. The molecule has 0 bridgehead atoms. The quantitative estimate of drug-likeness (QED) is 0.691. The van der Waals surface area contributed by atoms with E-state index in [2.05, 4.69) is 16.4 Å². The van der Waals surface area contributed by atoms with Gasteiger partial charge in [0.25, 0.3) is 5.91 Å². The number of nitrogens with zero attached hydrogens (tertiary/aromatic N) is 1. The van der Waals surface area contributed by atoms with Gasteiger partial charge in [-0.1, -0.05) is 18.2 Å². The van der Waals surface area contributed by atoms with E-state index in [4.69, 9.17) is 9.47 Å². The van der Waals surface area contributed by atoms with Crippen LogP contribution in [0.15, 0.2) is 47.8 Å². The van der Waals surface area contributed by atoms with Gasteiger partial charge in [0.15, 0.2) is 11.2 Å². The smallest absolute Gasteiger partial charge is 0.339 e. The van der Waals surface area contributed by atoms with Crippen molar-refractivity contribution >= 4 is 28.3 Å². The van der Waals surface area contributed by atoms with Crippen molar-refractivity contribution in [2.45, 2.75) is 18.9 Å². The molecule has 0 spiro atoms. The summed E-state index contributed by atoms with van der Waals surface area (Å²) in [5.41, 5.74) is 4.28. The average molecular weight is 392 g/mol. The monoisotopic (exact) mass is 392 g/mol. The molecule has 7 heteroatoms. The number of ether oxygens (including phenoxy) is 2. The summed E-state index contributed by atoms with van der Waals surface area (Å²) in [4.78, 5) is 29.2. The zero-order valence-corrected chi connectivity index (χ0v) is 15.6. The van der Waals surface area contributed by atoms with E-state index in [1.807, 2.05) is 29.6 Å². The van der Waals surface area contributed by atoms with E-state index in [1.165, 1.54) is 16.9 Å². The summed E-state index contributed by atoms with van der Waals surface area (Å²) in [7, 11) is 0. The SMILES string of the molecule is O=C1O[C@H](C(=O)Nc2nc(-c3ccc4c(c3)CCO4)cs2)Cc2ccccc21. The van der Waals surface area contributed by atoms with Crippen molar-refractivity contribution in [2.24, 2.45) is 0 Å². The Morgan fingerprint density at radius 3 is 3.00 bits per heavy atom. The van der Waals surface area contributed by atoms with Crippen molar-refractivity contribution in [3.8, 4) is 17.0 Å². The first-order valence-corrected chi connectivity index (χ1v) is 9.87. The van der Waals surface area contributed by atoms with Crippen molar-refractivity contribution in [2.75, 3.05) is 11.9 Å². The minimum absolute atomic E-state index is 0.358. The summed E-state index contributed by atoms with van der Waals surface area (Å²) >= 11 is 1.34. The fourth-order valence-corrected chi connectivity index (χ4v) is 4.20. The molecule has 1 atom stereocenters. The zero-order valence-electron chi connectivity index (χ0n) is 14.8. The average Bonchev–Trinajstić information content (AvgIpc) is 3.36. The van der Waals surface area contributed by atoms with E-state index in [9.17, 15) is 9.59 Å². The van der Waals surface area contributed by atoms with Gasteiger partial charge in [0.1, 0.15) is 5.75 Å². The molecule has 0 fully saturated rings. The van der Waals surface area contributed by atoms with E-state index in [-0.39, 0.29) is 5.91 Å². The molecular weight excluding hydrogens is 376 g/mol. The number of thiazole rings is 1. The van der Waals surface area contributed by atoms with Crippen molar-refractivity contribution in [1.29, 1.82) is 0 Å². The third-order valence-corrected chi connectivity index (χ3v) is 5.66. The van der Waals surface area contributed by atoms with Gasteiger partial charge in [0, 0.05) is 23.8 Å². The van der Waals surface area contributed by atoms with Crippen LogP contribution in [0.4, 0.5) is 5.13 Å². The molecule has 1 aromatic heterocycles. The van der Waals surface area contributed by atoms with Gasteiger partial charge >= 0.3 is 5.97 Å². The van der Waals surface area contributed by atoms with Crippen LogP contribution in [0.2, 0.25) is 0 Å². The lowest BCUT2D eigenvalue weighted by molar-refractivity contribution is -0.125. The summed E-state index contributed by atoms with van der Waals surface area (Å²) in [5, 5.41) is 5.15. The van der Waals surface area contributed by atoms with E-state index in [1.54, 1.807) is 12.1 Å². The fourth-order valence-electron chi connectivity index (χ4n) is 3.47. The number of cyclic esters (lactones) is 1. The Bertz CT molecular complexity index is 1090. The molecule has 3 aromatic rings. The van der Waals surface area contributed by atoms with Gasteiger partial charge < -0.3 is 9.47 Å². The van der Waals surface area contributed by atoms with Gasteiger partial charge in [0.2, 0.25) is 0 Å². The first-order chi connectivity index (χ1) is 13.7. The van der Waals surface area contributed by atoms with Crippen LogP contribution >= 0.6 is 11.3 Å². The number of benzene rings is 2. The third-order valence-electron chi connectivity index (χ3n) is 4.90. The lowest BCUT2D eigenvalue weighted by atomic mass is 9.98. The molecule has 0 saturated heterocycles. The lowest BCUT2D eigenvalue weighted by Gasteiger charge is -2.23. The van der Waals surface area contributed by atoms with E-state index >= 15 is 0 Å². The van der Waals surface area contributed by atoms with E-state index < -0.39 is 12.1 Å². The Labute approximate surface area is 165 Å². The van der Waals surface area contributed by atoms with Crippen molar-refractivity contribution in [3.63, 3.8) is 0 Å². The van der Waals surface area contributed by atoms with Crippen molar-refractivity contribution in [3.05, 3.63) is 64.5 Å². The van der Waals surface area contributed by atoms with Crippen LogP contribution < -0.4 is 10.1 Å². The number of fused-ring (bicyclic) bond motifs is 2. The standard InChI is InChI=1S/C21H16N2O4S/c24-19(18-10-12-3-1-2-4-15(12)20(25)27-18)23-21-22-16(11-28-21)13-5-6-17-14(9-13)7-8-26-17/h1-6,9,11,18H,7-8,10H2,(H,22,23,24)/t18-/m0/s1. The Hall–Kier alpha value is -3.19. The number of rotatable bonds is 3. The number of carbonyl (C=O) groups excluding carboxylic acids is 2. The first-order valence-electron chi connectivity index (χ1n) is 8.99. The van der Waals surface area contributed by atoms with Crippen LogP contribution in [0, 0.1) is 0 Å². The van der Waals surface area contributed by atoms with E-state index in [0.29, 0.717) is 23.7 Å². The summed E-state index contributed by atoms with van der Waals surface area (Å²) < 4.78 is 10.8. The Kier molecular flexibility index (Phi) is 4.09. The first kappa shape index (κ1) is 16.9. The number of esters is 1. The number of amides is 1. The second kappa shape index (κ2) is 6.76. The second-order valence-electron chi connectivity index (χ2n) is 6.70. The minimum Gasteiger partial charge on any atom is -0.493 e. The van der Waals surface area contributed by atoms with Crippen molar-refractivity contribution in [1.82, 2.24) is 4.98 Å². The molecule has 3 heterocycles. The molecule has 0 aliphatic carbocycles. The number of hydrogen-bond donors (Lipinski definition) is 1. The van der Waals surface area contributed by atoms with Gasteiger partial charge in [0.05, 0.1) is 17.9 Å². The van der Waals surface area contributed by atoms with Crippen LogP contribution in [-0.4, -0.2) is 29.6 Å². The molecule has 5 rings (SSSR count). The molecule has 0 saturated carbocycles. The molecule has 28 heavy (non-hydrogen) atoms. The van der Waals surface area contributed by atoms with Gasteiger partial charge in [-0.15, -0.1) is 11.3 Å². The van der Waals surface area contributed by atoms with Crippen LogP contribution in [0.3, 0.4) is 0 Å². The highest BCUT2D eigenvalue weighted by molar-refractivity contribution is 7.14. The minimum atomic E-state index is -0.855. The zero-order chi connectivity index (χ0) is 19.1. The molecule has 1 amide bonds. The number of anilines is 1. The van der Waals surface area contributed by atoms with Gasteiger partial charge in [-0.25, -0.2) is 9.78 Å². The number of nitrogens with one attached hydrogen (secondary N) is 1. The molecule has 140 valence electrons. The molecule has 0 radical (unpaired) electrons. The maximum absolute atomic E-state index is 12.6. The molecular formula is C21H16N2O4S. The maximum atomic E-state index is 12.6. The highest BCUT2D eigenvalue weighted by Gasteiger charge is 2.31. The van der Waals surface area contributed by atoms with Crippen molar-refractivity contribution < 1.29 is 19.1 Å². The second-order valence-corrected chi connectivity index (χ2v) is 7.56. The molecule has 6 nitrogen and oxygen atoms in total.